The maximum absolute atomic E-state index is 12.3. The summed E-state index contributed by atoms with van der Waals surface area (Å²) >= 11 is 6.15. The first-order valence-corrected chi connectivity index (χ1v) is 12.8. The zero-order valence-electron chi connectivity index (χ0n) is 17.6. The molecule has 2 aliphatic rings. The van der Waals surface area contributed by atoms with Gasteiger partial charge >= 0.3 is 5.97 Å². The van der Waals surface area contributed by atoms with Gasteiger partial charge in [-0.1, -0.05) is 50.3 Å². The summed E-state index contributed by atoms with van der Waals surface area (Å²) in [5.41, 5.74) is 0.873. The van der Waals surface area contributed by atoms with E-state index in [4.69, 9.17) is 9.47 Å². The topological polar surface area (TPSA) is 81.5 Å². The second-order valence-corrected chi connectivity index (χ2v) is 11.5. The molecule has 1 fully saturated rings. The number of aromatic hydroxyl groups is 1. The van der Waals surface area contributed by atoms with Gasteiger partial charge in [0.25, 0.3) is 0 Å². The zero-order chi connectivity index (χ0) is 22.1. The second kappa shape index (κ2) is 9.60. The summed E-state index contributed by atoms with van der Waals surface area (Å²) in [5.74, 6) is 1.34. The molecule has 0 amide bonds. The van der Waals surface area contributed by atoms with Crippen LogP contribution in [0.1, 0.15) is 40.0 Å². The summed E-state index contributed by atoms with van der Waals surface area (Å²) in [6.07, 6.45) is 2.63. The Morgan fingerprint density at radius 1 is 1.26 bits per heavy atom. The summed E-state index contributed by atoms with van der Waals surface area (Å²) in [6, 6.07) is 6.83. The van der Waals surface area contributed by atoms with Gasteiger partial charge in [0.1, 0.15) is 15.2 Å². The van der Waals surface area contributed by atoms with E-state index in [1.165, 1.54) is 29.5 Å². The molecule has 4 atom stereocenters. The first-order valence-electron chi connectivity index (χ1n) is 10.4. The molecule has 0 unspecified atom stereocenters. The smallest absolute Gasteiger partial charge is 0.348 e. The van der Waals surface area contributed by atoms with Crippen LogP contribution >= 0.6 is 39.0 Å². The average molecular weight is 525 g/mol. The molecule has 0 spiro atoms. The van der Waals surface area contributed by atoms with E-state index in [-0.39, 0.29) is 11.9 Å². The lowest BCUT2D eigenvalue weighted by molar-refractivity contribution is -0.179. The number of carbonyl (C=O) groups is 1. The molecule has 31 heavy (non-hydrogen) atoms. The van der Waals surface area contributed by atoms with E-state index in [0.717, 1.165) is 23.4 Å². The highest BCUT2D eigenvalue weighted by molar-refractivity contribution is 9.12. The van der Waals surface area contributed by atoms with Crippen LogP contribution in [0.5, 0.6) is 5.75 Å². The number of thioether (sulfide) groups is 1. The van der Waals surface area contributed by atoms with Crippen LogP contribution in [0.2, 0.25) is 0 Å². The van der Waals surface area contributed by atoms with Crippen molar-refractivity contribution in [2.45, 2.75) is 56.8 Å². The number of carbonyl (C=O) groups excluding carboxylic acids is 1. The molecular formula is C22H25BrN2O4S2. The number of aromatic nitrogens is 2. The van der Waals surface area contributed by atoms with Crippen molar-refractivity contribution in [3.05, 3.63) is 33.7 Å². The molecule has 0 bridgehead atoms. The summed E-state index contributed by atoms with van der Waals surface area (Å²) in [5, 5.41) is 18.7. The quantitative estimate of drug-likeness (QED) is 0.466. The Kier molecular flexibility index (Phi) is 7.05. The number of nitrogens with zero attached hydrogens (tertiary/aromatic N) is 2. The van der Waals surface area contributed by atoms with Crippen LogP contribution in [-0.4, -0.2) is 33.7 Å². The zero-order valence-corrected chi connectivity index (χ0v) is 20.8. The fourth-order valence-electron chi connectivity index (χ4n) is 4.08. The third-order valence-electron chi connectivity index (χ3n) is 5.80. The van der Waals surface area contributed by atoms with Crippen molar-refractivity contribution in [3.63, 3.8) is 0 Å². The van der Waals surface area contributed by atoms with Gasteiger partial charge in [-0.2, -0.15) is 0 Å². The van der Waals surface area contributed by atoms with E-state index < -0.39 is 12.3 Å². The number of phenols is 1. The van der Waals surface area contributed by atoms with E-state index in [1.54, 1.807) is 24.3 Å². The Bertz CT molecular complexity index is 976. The third kappa shape index (κ3) is 5.16. The molecule has 1 aromatic heterocycles. The van der Waals surface area contributed by atoms with Gasteiger partial charge in [0.2, 0.25) is 6.29 Å². The van der Waals surface area contributed by atoms with Crippen LogP contribution in [0, 0.1) is 17.8 Å². The molecule has 0 saturated heterocycles. The van der Waals surface area contributed by atoms with Gasteiger partial charge in [0, 0.05) is 5.56 Å². The Morgan fingerprint density at radius 2 is 2.00 bits per heavy atom. The number of halogens is 1. The number of benzene rings is 1. The molecule has 1 N–H and O–H groups in total. The summed E-state index contributed by atoms with van der Waals surface area (Å²) in [7, 11) is 0. The van der Waals surface area contributed by atoms with Crippen molar-refractivity contribution in [2.75, 3.05) is 0 Å². The summed E-state index contributed by atoms with van der Waals surface area (Å²) < 4.78 is 13.0. The first kappa shape index (κ1) is 22.8. The highest BCUT2D eigenvalue weighted by Crippen LogP contribution is 2.44. The van der Waals surface area contributed by atoms with E-state index in [9.17, 15) is 9.90 Å². The second-order valence-electron chi connectivity index (χ2n) is 8.44. The maximum atomic E-state index is 12.3. The highest BCUT2D eigenvalue weighted by Gasteiger charge is 2.40. The lowest BCUT2D eigenvalue weighted by Crippen LogP contribution is -2.37. The minimum absolute atomic E-state index is 0.0533. The fourth-order valence-corrected chi connectivity index (χ4v) is 6.51. The van der Waals surface area contributed by atoms with Crippen molar-refractivity contribution in [2.24, 2.45) is 17.8 Å². The standard InChI is InChI=1S/C22H25BrN2O4S2/c1-11(2)15-9-4-12(3)10-16(15)28-21-18(17(23)20(27)29-21)30-22-25-24-19(31-22)13-5-7-14(26)8-6-13/h5-8,11-12,15-16,21,26H,4,9-10H2,1-3H3/t12-,15+,16-,21+/m1/s1. The number of ether oxygens (including phenoxy) is 2. The summed E-state index contributed by atoms with van der Waals surface area (Å²) in [6.45, 7) is 6.71. The molecule has 166 valence electrons. The Balaban J connectivity index is 1.51. The molecule has 2 heterocycles. The van der Waals surface area contributed by atoms with Crippen LogP contribution in [0.25, 0.3) is 10.6 Å². The van der Waals surface area contributed by atoms with Crippen molar-refractivity contribution in [1.29, 1.82) is 0 Å². The van der Waals surface area contributed by atoms with Gasteiger partial charge in [-0.05, 0) is 70.8 Å². The third-order valence-corrected chi connectivity index (χ3v) is 8.95. The van der Waals surface area contributed by atoms with Crippen molar-refractivity contribution in [1.82, 2.24) is 10.2 Å². The molecule has 9 heteroatoms. The SMILES string of the molecule is CC(C)[C@@H]1CC[C@@H](C)C[C@H]1O[C@H]1OC(=O)C(Br)=C1Sc1nnc(-c2ccc(O)cc2)s1. The van der Waals surface area contributed by atoms with Crippen LogP contribution < -0.4 is 0 Å². The molecule has 1 aliphatic heterocycles. The van der Waals surface area contributed by atoms with Gasteiger partial charge < -0.3 is 14.6 Å². The fraction of sp³-hybridized carbons (Fsp3) is 0.500. The van der Waals surface area contributed by atoms with Crippen LogP contribution in [0.15, 0.2) is 38.0 Å². The predicted molar refractivity (Wildman–Crippen MR) is 125 cm³/mol. The predicted octanol–water partition coefficient (Wildman–Crippen LogP) is 5.97. The molecule has 0 radical (unpaired) electrons. The van der Waals surface area contributed by atoms with Gasteiger partial charge in [0.15, 0.2) is 4.34 Å². The Hall–Kier alpha value is -1.42. The number of esters is 1. The van der Waals surface area contributed by atoms with Crippen molar-refractivity contribution in [3.8, 4) is 16.3 Å². The molecule has 1 saturated carbocycles. The normalized spacial score (nSPS) is 26.5. The molecule has 2 aromatic rings. The lowest BCUT2D eigenvalue weighted by Gasteiger charge is -2.38. The average Bonchev–Trinajstić information content (AvgIpc) is 3.29. The highest BCUT2D eigenvalue weighted by atomic mass is 79.9. The van der Waals surface area contributed by atoms with Crippen LogP contribution in [-0.2, 0) is 14.3 Å². The van der Waals surface area contributed by atoms with Crippen molar-refractivity contribution >= 4 is 45.0 Å². The maximum Gasteiger partial charge on any atom is 0.348 e. The number of hydrogen-bond donors (Lipinski definition) is 1. The largest absolute Gasteiger partial charge is 0.508 e. The Labute approximate surface area is 198 Å². The Morgan fingerprint density at radius 3 is 2.71 bits per heavy atom. The lowest BCUT2D eigenvalue weighted by atomic mass is 9.75. The van der Waals surface area contributed by atoms with E-state index in [1.807, 2.05) is 0 Å². The molecular weight excluding hydrogens is 500 g/mol. The minimum Gasteiger partial charge on any atom is -0.508 e. The van der Waals surface area contributed by atoms with Gasteiger partial charge in [-0.25, -0.2) is 4.79 Å². The summed E-state index contributed by atoms with van der Waals surface area (Å²) in [4.78, 5) is 13.0. The number of cyclic esters (lactones) is 1. The van der Waals surface area contributed by atoms with Gasteiger partial charge in [0.05, 0.1) is 11.0 Å². The van der Waals surface area contributed by atoms with Crippen LogP contribution in [0.4, 0.5) is 0 Å². The van der Waals surface area contributed by atoms with Gasteiger partial charge in [-0.15, -0.1) is 10.2 Å². The molecule has 6 nitrogen and oxygen atoms in total. The monoisotopic (exact) mass is 524 g/mol. The minimum atomic E-state index is -0.732. The number of rotatable bonds is 6. The van der Waals surface area contributed by atoms with Crippen molar-refractivity contribution < 1.29 is 19.4 Å². The van der Waals surface area contributed by atoms with E-state index in [0.29, 0.717) is 31.5 Å². The van der Waals surface area contributed by atoms with Gasteiger partial charge in [-0.3, -0.25) is 0 Å². The van der Waals surface area contributed by atoms with E-state index in [2.05, 4.69) is 46.9 Å². The van der Waals surface area contributed by atoms with Crippen LogP contribution in [0.3, 0.4) is 0 Å². The number of phenolic OH excluding ortho intramolecular Hbond substituents is 1. The molecule has 1 aliphatic carbocycles. The first-order chi connectivity index (χ1) is 14.8. The molecule has 4 rings (SSSR count). The van der Waals surface area contributed by atoms with E-state index >= 15 is 0 Å². The number of hydrogen-bond acceptors (Lipinski definition) is 8. The molecule has 1 aromatic carbocycles.